The summed E-state index contributed by atoms with van der Waals surface area (Å²) in [5, 5.41) is 9.70. The van der Waals surface area contributed by atoms with Gasteiger partial charge in [-0.05, 0) is 38.1 Å². The minimum absolute atomic E-state index is 0.0303. The van der Waals surface area contributed by atoms with E-state index >= 15 is 0 Å². The van der Waals surface area contributed by atoms with Gasteiger partial charge >= 0.3 is 6.18 Å². The van der Waals surface area contributed by atoms with Gasteiger partial charge in [-0.1, -0.05) is 6.42 Å². The number of piperidine rings is 1. The first-order valence-electron chi connectivity index (χ1n) is 9.70. The number of alkyl halides is 3. The quantitative estimate of drug-likeness (QED) is 0.564. The summed E-state index contributed by atoms with van der Waals surface area (Å²) in [7, 11) is 3.06. The van der Waals surface area contributed by atoms with Crippen molar-refractivity contribution in [2.45, 2.75) is 38.0 Å². The minimum atomic E-state index is -4.49. The Balaban J connectivity index is 1.62. The number of nitrogens with one attached hydrogen (secondary N) is 2. The molecule has 2 aromatic rings. The summed E-state index contributed by atoms with van der Waals surface area (Å²) in [6, 6.07) is 3.84. The van der Waals surface area contributed by atoms with E-state index in [0.717, 1.165) is 31.7 Å². The summed E-state index contributed by atoms with van der Waals surface area (Å²) < 4.78 is 46.1. The number of hydrogen-bond acceptors (Lipinski definition) is 4. The Kier molecular flexibility index (Phi) is 6.83. The molecule has 1 saturated heterocycles. The molecule has 3 heterocycles. The third kappa shape index (κ3) is 5.53. The predicted octanol–water partition coefficient (Wildman–Crippen LogP) is 2.92. The Labute approximate surface area is 168 Å². The van der Waals surface area contributed by atoms with Crippen LogP contribution in [-0.4, -0.2) is 47.3 Å². The molecule has 0 aliphatic carbocycles. The molecule has 10 heteroatoms. The third-order valence-electron chi connectivity index (χ3n) is 5.01. The first-order valence-corrected chi connectivity index (χ1v) is 9.70. The van der Waals surface area contributed by atoms with E-state index in [-0.39, 0.29) is 18.2 Å². The molecule has 1 unspecified atom stereocenters. The smallest absolute Gasteiger partial charge is 0.435 e. The van der Waals surface area contributed by atoms with E-state index < -0.39 is 11.9 Å². The second kappa shape index (κ2) is 9.34. The Bertz CT molecular complexity index is 793. The first kappa shape index (κ1) is 21.2. The van der Waals surface area contributed by atoms with Crippen LogP contribution in [0.4, 0.5) is 13.2 Å². The highest BCUT2D eigenvalue weighted by atomic mass is 19.4. The maximum absolute atomic E-state index is 13.1. The zero-order valence-corrected chi connectivity index (χ0v) is 16.7. The summed E-state index contributed by atoms with van der Waals surface area (Å²) in [6.07, 6.45) is 2.04. The number of aromatic nitrogens is 2. The lowest BCUT2D eigenvalue weighted by Gasteiger charge is -2.33. The van der Waals surface area contributed by atoms with Gasteiger partial charge < -0.3 is 15.1 Å². The van der Waals surface area contributed by atoms with Crippen molar-refractivity contribution < 1.29 is 17.6 Å². The van der Waals surface area contributed by atoms with E-state index in [2.05, 4.69) is 25.6 Å². The van der Waals surface area contributed by atoms with Gasteiger partial charge in [-0.2, -0.15) is 18.3 Å². The molecule has 0 saturated carbocycles. The Morgan fingerprint density at radius 2 is 2.03 bits per heavy atom. The molecule has 0 amide bonds. The second-order valence-corrected chi connectivity index (χ2v) is 7.11. The highest BCUT2D eigenvalue weighted by Gasteiger charge is 2.36. The van der Waals surface area contributed by atoms with Gasteiger partial charge in [0.1, 0.15) is 5.76 Å². The molecular weight excluding hydrogens is 385 g/mol. The zero-order chi connectivity index (χ0) is 20.9. The Hall–Kier alpha value is -2.49. The molecule has 1 atom stereocenters. The summed E-state index contributed by atoms with van der Waals surface area (Å²) in [4.78, 5) is 6.50. The number of nitrogens with zero attached hydrogens (tertiary/aromatic N) is 4. The molecule has 7 nitrogen and oxygen atoms in total. The summed E-state index contributed by atoms with van der Waals surface area (Å²) in [5.41, 5.74) is -0.814. The van der Waals surface area contributed by atoms with Crippen LogP contribution >= 0.6 is 0 Å². The van der Waals surface area contributed by atoms with Crippen molar-refractivity contribution in [1.82, 2.24) is 25.3 Å². The van der Waals surface area contributed by atoms with Gasteiger partial charge in [0.25, 0.3) is 0 Å². The topological polar surface area (TPSA) is 70.6 Å². The molecular formula is C19H27F3N6O. The number of furan rings is 1. The van der Waals surface area contributed by atoms with Crippen molar-refractivity contribution in [3.8, 4) is 0 Å². The van der Waals surface area contributed by atoms with Gasteiger partial charge in [-0.15, -0.1) is 0 Å². The molecule has 1 aliphatic heterocycles. The third-order valence-corrected chi connectivity index (χ3v) is 5.01. The molecule has 0 radical (unpaired) electrons. The maximum atomic E-state index is 13.1. The molecule has 29 heavy (non-hydrogen) atoms. The lowest BCUT2D eigenvalue weighted by Crippen LogP contribution is -2.44. The van der Waals surface area contributed by atoms with E-state index in [1.54, 1.807) is 13.3 Å². The Morgan fingerprint density at radius 3 is 2.66 bits per heavy atom. The lowest BCUT2D eigenvalue weighted by atomic mass is 10.1. The predicted molar refractivity (Wildman–Crippen MR) is 103 cm³/mol. The fourth-order valence-electron chi connectivity index (χ4n) is 3.62. The average Bonchev–Trinajstić information content (AvgIpc) is 3.35. The van der Waals surface area contributed by atoms with Crippen molar-refractivity contribution in [3.05, 3.63) is 41.6 Å². The highest BCUT2D eigenvalue weighted by Crippen LogP contribution is 2.30. The van der Waals surface area contributed by atoms with Crippen molar-refractivity contribution >= 4 is 5.96 Å². The number of halogens is 3. The molecule has 1 fully saturated rings. The number of aliphatic imine (C=N–C) groups is 1. The number of guanidine groups is 1. The van der Waals surface area contributed by atoms with Crippen molar-refractivity contribution in [2.24, 2.45) is 12.0 Å². The summed E-state index contributed by atoms with van der Waals surface area (Å²) in [6.45, 7) is 2.48. The van der Waals surface area contributed by atoms with Gasteiger partial charge in [0.15, 0.2) is 11.7 Å². The second-order valence-electron chi connectivity index (χ2n) is 7.11. The van der Waals surface area contributed by atoms with Crippen LogP contribution in [0.5, 0.6) is 0 Å². The monoisotopic (exact) mass is 412 g/mol. The van der Waals surface area contributed by atoms with Crippen molar-refractivity contribution in [1.29, 1.82) is 0 Å². The van der Waals surface area contributed by atoms with Crippen LogP contribution in [0.2, 0.25) is 0 Å². The molecule has 3 rings (SSSR count). The fraction of sp³-hybridized carbons (Fsp3) is 0.579. The number of likely N-dealkylation sites (tertiary alicyclic amines) is 1. The van der Waals surface area contributed by atoms with Crippen LogP contribution in [0, 0.1) is 0 Å². The van der Waals surface area contributed by atoms with Crippen molar-refractivity contribution in [3.63, 3.8) is 0 Å². The molecule has 160 valence electrons. The van der Waals surface area contributed by atoms with E-state index in [1.165, 1.54) is 24.3 Å². The number of hydrogen-bond donors (Lipinski definition) is 2. The number of aryl methyl sites for hydroxylation is 1. The normalized spacial score (nSPS) is 17.3. The Morgan fingerprint density at radius 1 is 1.28 bits per heavy atom. The number of rotatable bonds is 6. The maximum Gasteiger partial charge on any atom is 0.435 e. The van der Waals surface area contributed by atoms with Gasteiger partial charge in [0.05, 0.1) is 12.3 Å². The summed E-state index contributed by atoms with van der Waals surface area (Å²) in [5.74, 6) is 1.29. The van der Waals surface area contributed by atoms with Crippen LogP contribution in [0.15, 0.2) is 34.0 Å². The van der Waals surface area contributed by atoms with Gasteiger partial charge in [0, 0.05) is 38.9 Å². The molecule has 2 aromatic heterocycles. The zero-order valence-electron chi connectivity index (χ0n) is 16.7. The minimum Gasteiger partial charge on any atom is -0.468 e. The molecule has 1 aliphatic rings. The standard InChI is InChI=1S/C19H27F3N6O/c1-23-18(24-11-14-13-27(2)26-17(14)19(20,21)22)25-12-15(16-7-6-10-29-16)28-8-4-3-5-9-28/h6-7,10,13,15H,3-5,8-9,11-12H2,1-2H3,(H2,23,24,25). The highest BCUT2D eigenvalue weighted by molar-refractivity contribution is 5.79. The van der Waals surface area contributed by atoms with Crippen LogP contribution < -0.4 is 10.6 Å². The average molecular weight is 412 g/mol. The summed E-state index contributed by atoms with van der Waals surface area (Å²) >= 11 is 0. The molecule has 2 N–H and O–H groups in total. The van der Waals surface area contributed by atoms with Crippen LogP contribution in [-0.2, 0) is 19.8 Å². The van der Waals surface area contributed by atoms with Gasteiger partial charge in [-0.3, -0.25) is 14.6 Å². The van der Waals surface area contributed by atoms with E-state index in [4.69, 9.17) is 4.42 Å². The van der Waals surface area contributed by atoms with E-state index in [9.17, 15) is 13.2 Å². The van der Waals surface area contributed by atoms with E-state index in [0.29, 0.717) is 12.5 Å². The van der Waals surface area contributed by atoms with Crippen LogP contribution in [0.25, 0.3) is 0 Å². The largest absolute Gasteiger partial charge is 0.468 e. The lowest BCUT2D eigenvalue weighted by molar-refractivity contribution is -0.142. The SMILES string of the molecule is CN=C(NCc1cn(C)nc1C(F)(F)F)NCC(c1ccco1)N1CCCCC1. The van der Waals surface area contributed by atoms with E-state index in [1.807, 2.05) is 12.1 Å². The van der Waals surface area contributed by atoms with Gasteiger partial charge in [0.2, 0.25) is 0 Å². The fourth-order valence-corrected chi connectivity index (χ4v) is 3.62. The molecule has 0 bridgehead atoms. The molecule has 0 aromatic carbocycles. The first-order chi connectivity index (χ1) is 13.9. The van der Waals surface area contributed by atoms with Crippen molar-refractivity contribution in [2.75, 3.05) is 26.7 Å². The van der Waals surface area contributed by atoms with Crippen LogP contribution in [0.3, 0.4) is 0 Å². The molecule has 0 spiro atoms. The van der Waals surface area contributed by atoms with Crippen LogP contribution in [0.1, 0.15) is 42.3 Å². The van der Waals surface area contributed by atoms with Gasteiger partial charge in [-0.25, -0.2) is 0 Å².